The third kappa shape index (κ3) is 2.27. The minimum absolute atomic E-state index is 0.504. The minimum atomic E-state index is -3.22. The molecule has 9 heteroatoms. The van der Waals surface area contributed by atoms with Crippen LogP contribution in [0.4, 0.5) is 14.6 Å². The summed E-state index contributed by atoms with van der Waals surface area (Å²) >= 11 is 0. The SMILES string of the molecule is COc1c([N+](=O)[O-])ncc(C(=O)O)c1C(F)F. The second kappa shape index (κ2) is 4.68. The Balaban J connectivity index is 3.61. The van der Waals surface area contributed by atoms with E-state index in [0.29, 0.717) is 6.20 Å². The summed E-state index contributed by atoms with van der Waals surface area (Å²) in [6.07, 6.45) is -2.72. The average molecular weight is 248 g/mol. The van der Waals surface area contributed by atoms with Crippen LogP contribution in [-0.4, -0.2) is 28.1 Å². The second-order valence-corrected chi connectivity index (χ2v) is 2.81. The summed E-state index contributed by atoms with van der Waals surface area (Å²) in [4.78, 5) is 23.3. The number of ether oxygens (including phenoxy) is 1. The number of carboxylic acid groups (broad SMARTS) is 1. The van der Waals surface area contributed by atoms with Crippen LogP contribution in [0.1, 0.15) is 22.3 Å². The molecule has 1 N–H and O–H groups in total. The fourth-order valence-corrected chi connectivity index (χ4v) is 1.21. The van der Waals surface area contributed by atoms with Crippen LogP contribution in [0.5, 0.6) is 5.75 Å². The van der Waals surface area contributed by atoms with Gasteiger partial charge in [0.25, 0.3) is 6.43 Å². The topological polar surface area (TPSA) is 103 Å². The Morgan fingerprint density at radius 3 is 2.59 bits per heavy atom. The van der Waals surface area contributed by atoms with Gasteiger partial charge in [0.15, 0.2) is 6.20 Å². The van der Waals surface area contributed by atoms with E-state index in [-0.39, 0.29) is 0 Å². The number of aromatic nitrogens is 1. The number of pyridine rings is 1. The summed E-state index contributed by atoms with van der Waals surface area (Å²) in [6.45, 7) is 0. The first-order valence-electron chi connectivity index (χ1n) is 4.12. The van der Waals surface area contributed by atoms with Crippen LogP contribution in [0.15, 0.2) is 6.20 Å². The van der Waals surface area contributed by atoms with Crippen molar-refractivity contribution in [1.82, 2.24) is 4.98 Å². The first-order chi connectivity index (χ1) is 7.90. The van der Waals surface area contributed by atoms with Crippen molar-refractivity contribution in [3.63, 3.8) is 0 Å². The zero-order valence-corrected chi connectivity index (χ0v) is 8.39. The van der Waals surface area contributed by atoms with Crippen molar-refractivity contribution in [2.24, 2.45) is 0 Å². The van der Waals surface area contributed by atoms with E-state index in [1.54, 1.807) is 0 Å². The van der Waals surface area contributed by atoms with E-state index >= 15 is 0 Å². The number of halogens is 2. The molecule has 0 aliphatic heterocycles. The Morgan fingerprint density at radius 1 is 1.65 bits per heavy atom. The summed E-state index contributed by atoms with van der Waals surface area (Å²) in [5, 5.41) is 19.2. The molecular weight excluding hydrogens is 242 g/mol. The molecule has 0 bridgehead atoms. The van der Waals surface area contributed by atoms with E-state index in [1.165, 1.54) is 0 Å². The maximum absolute atomic E-state index is 12.7. The van der Waals surface area contributed by atoms with Gasteiger partial charge >= 0.3 is 11.8 Å². The van der Waals surface area contributed by atoms with Gasteiger partial charge in [0, 0.05) is 0 Å². The van der Waals surface area contributed by atoms with Gasteiger partial charge in [0.1, 0.15) is 5.56 Å². The van der Waals surface area contributed by atoms with E-state index in [4.69, 9.17) is 5.11 Å². The van der Waals surface area contributed by atoms with Crippen molar-refractivity contribution in [2.75, 3.05) is 7.11 Å². The fraction of sp³-hybridized carbons (Fsp3) is 0.250. The molecule has 0 saturated heterocycles. The number of alkyl halides is 2. The molecule has 1 aromatic heterocycles. The molecule has 1 heterocycles. The summed E-state index contributed by atoms with van der Waals surface area (Å²) < 4.78 is 29.8. The zero-order valence-electron chi connectivity index (χ0n) is 8.39. The number of hydrogen-bond donors (Lipinski definition) is 1. The van der Waals surface area contributed by atoms with Crippen LogP contribution in [0.25, 0.3) is 0 Å². The zero-order chi connectivity index (χ0) is 13.2. The molecule has 0 unspecified atom stereocenters. The summed E-state index contributed by atoms with van der Waals surface area (Å²) in [5.74, 6) is -3.46. The highest BCUT2D eigenvalue weighted by atomic mass is 19.3. The van der Waals surface area contributed by atoms with Gasteiger partial charge in [0.05, 0.1) is 12.7 Å². The number of carboxylic acids is 1. The van der Waals surface area contributed by atoms with Gasteiger partial charge in [0.2, 0.25) is 5.75 Å². The maximum Gasteiger partial charge on any atom is 0.406 e. The normalized spacial score (nSPS) is 10.4. The van der Waals surface area contributed by atoms with Crippen molar-refractivity contribution >= 4 is 11.8 Å². The Kier molecular flexibility index (Phi) is 3.51. The number of aromatic carboxylic acids is 1. The maximum atomic E-state index is 12.7. The van der Waals surface area contributed by atoms with Gasteiger partial charge in [-0.2, -0.15) is 0 Å². The minimum Gasteiger partial charge on any atom is -0.489 e. The summed E-state index contributed by atoms with van der Waals surface area (Å²) in [6, 6.07) is 0. The molecule has 0 atom stereocenters. The fourth-order valence-electron chi connectivity index (χ4n) is 1.21. The van der Waals surface area contributed by atoms with E-state index in [0.717, 1.165) is 7.11 Å². The van der Waals surface area contributed by atoms with Crippen LogP contribution in [0, 0.1) is 10.1 Å². The number of carbonyl (C=O) groups is 1. The molecule has 17 heavy (non-hydrogen) atoms. The molecule has 7 nitrogen and oxygen atoms in total. The largest absolute Gasteiger partial charge is 0.489 e. The number of methoxy groups -OCH3 is 1. The highest BCUT2D eigenvalue weighted by Crippen LogP contribution is 2.37. The number of hydrogen-bond acceptors (Lipinski definition) is 5. The van der Waals surface area contributed by atoms with Crippen LogP contribution in [0.2, 0.25) is 0 Å². The predicted octanol–water partition coefficient (Wildman–Crippen LogP) is 1.63. The Morgan fingerprint density at radius 2 is 2.24 bits per heavy atom. The molecule has 0 aromatic carbocycles. The lowest BCUT2D eigenvalue weighted by Gasteiger charge is -2.09. The molecular formula is C8H6F2N2O5. The Labute approximate surface area is 92.8 Å². The lowest BCUT2D eigenvalue weighted by molar-refractivity contribution is -0.390. The second-order valence-electron chi connectivity index (χ2n) is 2.81. The van der Waals surface area contributed by atoms with Crippen molar-refractivity contribution < 1.29 is 28.3 Å². The molecule has 0 aliphatic carbocycles. The molecule has 1 rings (SSSR count). The van der Waals surface area contributed by atoms with Gasteiger partial charge in [-0.05, 0) is 9.91 Å². The third-order valence-corrected chi connectivity index (χ3v) is 1.88. The molecule has 1 aromatic rings. The molecule has 0 radical (unpaired) electrons. The van der Waals surface area contributed by atoms with Gasteiger partial charge in [-0.3, -0.25) is 0 Å². The molecule has 0 fully saturated rings. The molecule has 0 spiro atoms. The third-order valence-electron chi connectivity index (χ3n) is 1.88. The lowest BCUT2D eigenvalue weighted by atomic mass is 10.1. The van der Waals surface area contributed by atoms with Crippen molar-refractivity contribution in [3.8, 4) is 5.75 Å². The molecule has 0 saturated carbocycles. The summed E-state index contributed by atoms with van der Waals surface area (Å²) in [7, 11) is 0.918. The quantitative estimate of drug-likeness (QED) is 0.641. The summed E-state index contributed by atoms with van der Waals surface area (Å²) in [5.41, 5.74) is -1.89. The first kappa shape index (κ1) is 12.7. The highest BCUT2D eigenvalue weighted by Gasteiger charge is 2.31. The van der Waals surface area contributed by atoms with Crippen molar-refractivity contribution in [1.29, 1.82) is 0 Å². The predicted molar refractivity (Wildman–Crippen MR) is 49.4 cm³/mol. The van der Waals surface area contributed by atoms with Gasteiger partial charge in [-0.15, -0.1) is 0 Å². The van der Waals surface area contributed by atoms with Crippen LogP contribution in [-0.2, 0) is 0 Å². The van der Waals surface area contributed by atoms with E-state index in [9.17, 15) is 23.7 Å². The van der Waals surface area contributed by atoms with Crippen molar-refractivity contribution in [2.45, 2.75) is 6.43 Å². The number of nitro groups is 1. The molecule has 92 valence electrons. The van der Waals surface area contributed by atoms with Gasteiger partial charge in [-0.1, -0.05) is 0 Å². The number of rotatable bonds is 4. The van der Waals surface area contributed by atoms with E-state index < -0.39 is 40.0 Å². The van der Waals surface area contributed by atoms with Crippen LogP contribution >= 0.6 is 0 Å². The van der Waals surface area contributed by atoms with Gasteiger partial charge in [-0.25, -0.2) is 13.6 Å². The smallest absolute Gasteiger partial charge is 0.406 e. The Bertz CT molecular complexity index is 477. The van der Waals surface area contributed by atoms with Crippen LogP contribution in [0.3, 0.4) is 0 Å². The molecule has 0 aliphatic rings. The Hall–Kier alpha value is -2.32. The highest BCUT2D eigenvalue weighted by molar-refractivity contribution is 5.90. The number of nitrogens with zero attached hydrogens (tertiary/aromatic N) is 2. The monoisotopic (exact) mass is 248 g/mol. The standard InChI is InChI=1S/C8H6F2N2O5/c1-17-5-4(6(9)10)3(8(13)14)2-11-7(5)12(15)16/h2,6H,1H3,(H,13,14). The molecule has 0 amide bonds. The van der Waals surface area contributed by atoms with Crippen LogP contribution < -0.4 is 4.74 Å². The van der Waals surface area contributed by atoms with Crippen molar-refractivity contribution in [3.05, 3.63) is 27.4 Å². The first-order valence-corrected chi connectivity index (χ1v) is 4.12. The van der Waals surface area contributed by atoms with E-state index in [2.05, 4.69) is 9.72 Å². The van der Waals surface area contributed by atoms with E-state index in [1.807, 2.05) is 0 Å². The average Bonchev–Trinajstić information content (AvgIpc) is 2.26. The van der Waals surface area contributed by atoms with Gasteiger partial charge < -0.3 is 20.0 Å². The lowest BCUT2D eigenvalue weighted by Crippen LogP contribution is -2.09.